The molecule has 1 N–H and O–H groups in total. The van der Waals surface area contributed by atoms with Gasteiger partial charge in [0.2, 0.25) is 5.91 Å². The van der Waals surface area contributed by atoms with Gasteiger partial charge in [0.15, 0.2) is 0 Å². The first-order valence-electron chi connectivity index (χ1n) is 9.85. The fourth-order valence-electron chi connectivity index (χ4n) is 4.35. The zero-order chi connectivity index (χ0) is 18.8. The van der Waals surface area contributed by atoms with Crippen LogP contribution < -0.4 is 0 Å². The smallest absolute Gasteiger partial charge is 0.222 e. The summed E-state index contributed by atoms with van der Waals surface area (Å²) in [6.07, 6.45) is 4.11. The number of piperidine rings is 2. The van der Waals surface area contributed by atoms with Crippen LogP contribution in [0.25, 0.3) is 0 Å². The Morgan fingerprint density at radius 2 is 2.12 bits per heavy atom. The number of likely N-dealkylation sites (tertiary alicyclic amines) is 2. The Bertz CT molecular complexity index is 622. The normalized spacial score (nSPS) is 25.2. The number of aromatic nitrogens is 2. The van der Waals surface area contributed by atoms with Gasteiger partial charge in [-0.2, -0.15) is 5.10 Å². The summed E-state index contributed by atoms with van der Waals surface area (Å²) < 4.78 is 5.18. The van der Waals surface area contributed by atoms with Crippen LogP contribution in [-0.2, 0) is 21.5 Å². The molecule has 2 aliphatic heterocycles. The highest BCUT2D eigenvalue weighted by Gasteiger charge is 2.41. The average molecular weight is 363 g/mol. The van der Waals surface area contributed by atoms with Gasteiger partial charge in [-0.25, -0.2) is 0 Å². The predicted octanol–water partition coefficient (Wildman–Crippen LogP) is 2.56. The molecule has 1 aromatic rings. The molecule has 1 atom stereocenters. The molecule has 2 aliphatic rings. The molecule has 3 heterocycles. The number of nitrogens with zero attached hydrogens (tertiary/aromatic N) is 3. The van der Waals surface area contributed by atoms with E-state index >= 15 is 0 Å². The van der Waals surface area contributed by atoms with Crippen molar-refractivity contribution in [2.24, 2.45) is 5.41 Å². The van der Waals surface area contributed by atoms with Gasteiger partial charge < -0.3 is 9.64 Å². The van der Waals surface area contributed by atoms with E-state index in [-0.39, 0.29) is 16.7 Å². The Morgan fingerprint density at radius 1 is 1.31 bits per heavy atom. The Balaban J connectivity index is 1.63. The zero-order valence-electron chi connectivity index (χ0n) is 16.8. The number of carbonyl (C=O) groups excluding carboxylic acids is 1. The van der Waals surface area contributed by atoms with E-state index in [1.165, 1.54) is 18.5 Å². The van der Waals surface area contributed by atoms with Gasteiger partial charge in [-0.05, 0) is 31.9 Å². The molecule has 0 unspecified atom stereocenters. The molecule has 6 heteroatoms. The van der Waals surface area contributed by atoms with E-state index in [9.17, 15) is 4.79 Å². The average Bonchev–Trinajstić information content (AvgIpc) is 3.05. The largest absolute Gasteiger partial charge is 0.383 e. The van der Waals surface area contributed by atoms with E-state index < -0.39 is 0 Å². The minimum Gasteiger partial charge on any atom is -0.383 e. The van der Waals surface area contributed by atoms with Crippen LogP contribution in [0.2, 0.25) is 0 Å². The fourth-order valence-corrected chi connectivity index (χ4v) is 4.35. The fraction of sp³-hybridized carbons (Fsp3) is 0.800. The van der Waals surface area contributed by atoms with E-state index in [1.54, 1.807) is 7.11 Å². The number of rotatable bonds is 5. The molecule has 1 spiro atoms. The van der Waals surface area contributed by atoms with Gasteiger partial charge in [-0.1, -0.05) is 20.8 Å². The summed E-state index contributed by atoms with van der Waals surface area (Å²) in [4.78, 5) is 16.8. The molecule has 146 valence electrons. The Labute approximate surface area is 157 Å². The second kappa shape index (κ2) is 7.69. The second-order valence-corrected chi connectivity index (χ2v) is 9.15. The van der Waals surface area contributed by atoms with Gasteiger partial charge in [0, 0.05) is 56.2 Å². The lowest BCUT2D eigenvalue weighted by Crippen LogP contribution is -2.54. The molecule has 0 bridgehead atoms. The number of amides is 1. The third kappa shape index (κ3) is 4.46. The summed E-state index contributed by atoms with van der Waals surface area (Å²) in [6.45, 7) is 11.9. The van der Waals surface area contributed by atoms with E-state index in [4.69, 9.17) is 4.74 Å². The Kier molecular flexibility index (Phi) is 5.72. The van der Waals surface area contributed by atoms with Gasteiger partial charge in [-0.15, -0.1) is 0 Å². The number of carbonyl (C=O) groups is 1. The standard InChI is InChI=1S/C20H34N4O2/c1-19(2,3)17-12-16(21-22-17)13-23-9-5-7-20(14-23)8-6-18(25)24(15-20)10-11-26-4/h12H,5-11,13-15H2,1-4H3,(H,21,22)/t20-/m0/s1. The van der Waals surface area contributed by atoms with Crippen LogP contribution in [0.3, 0.4) is 0 Å². The van der Waals surface area contributed by atoms with E-state index in [2.05, 4.69) is 41.9 Å². The molecule has 0 radical (unpaired) electrons. The van der Waals surface area contributed by atoms with Crippen molar-refractivity contribution < 1.29 is 9.53 Å². The zero-order valence-corrected chi connectivity index (χ0v) is 16.8. The molecule has 0 aliphatic carbocycles. The monoisotopic (exact) mass is 362 g/mol. The molecule has 2 fully saturated rings. The number of aromatic amines is 1. The van der Waals surface area contributed by atoms with Crippen molar-refractivity contribution in [3.8, 4) is 0 Å². The molecule has 1 amide bonds. The first-order valence-corrected chi connectivity index (χ1v) is 9.85. The van der Waals surface area contributed by atoms with Crippen LogP contribution in [-0.4, -0.2) is 65.8 Å². The number of hydrogen-bond donors (Lipinski definition) is 1. The third-order valence-electron chi connectivity index (χ3n) is 5.85. The number of methoxy groups -OCH3 is 1. The summed E-state index contributed by atoms with van der Waals surface area (Å²) in [5.74, 6) is 0.285. The van der Waals surface area contributed by atoms with Crippen LogP contribution in [0.1, 0.15) is 57.8 Å². The molecule has 3 rings (SSSR count). The lowest BCUT2D eigenvalue weighted by atomic mass is 9.73. The van der Waals surface area contributed by atoms with Crippen molar-refractivity contribution in [1.82, 2.24) is 20.0 Å². The van der Waals surface area contributed by atoms with Gasteiger partial charge in [0.05, 0.1) is 12.3 Å². The molecule has 6 nitrogen and oxygen atoms in total. The van der Waals surface area contributed by atoms with Crippen LogP contribution in [0.4, 0.5) is 0 Å². The first kappa shape index (κ1) is 19.4. The SMILES string of the molecule is COCCN1C[C@@]2(CCCN(Cc3cc(C(C)(C)C)n[nH]3)C2)CCC1=O. The molecule has 26 heavy (non-hydrogen) atoms. The van der Waals surface area contributed by atoms with Crippen molar-refractivity contribution in [1.29, 1.82) is 0 Å². The molecule has 2 saturated heterocycles. The number of hydrogen-bond acceptors (Lipinski definition) is 4. The molecule has 1 aromatic heterocycles. The highest BCUT2D eigenvalue weighted by molar-refractivity contribution is 5.77. The summed E-state index contributed by atoms with van der Waals surface area (Å²) in [6, 6.07) is 2.20. The molecular formula is C20H34N4O2. The van der Waals surface area contributed by atoms with Crippen LogP contribution >= 0.6 is 0 Å². The number of nitrogens with one attached hydrogen (secondary N) is 1. The summed E-state index contributed by atoms with van der Waals surface area (Å²) >= 11 is 0. The van der Waals surface area contributed by atoms with Crippen molar-refractivity contribution in [2.75, 3.05) is 39.9 Å². The minimum absolute atomic E-state index is 0.0729. The van der Waals surface area contributed by atoms with Crippen LogP contribution in [0, 0.1) is 5.41 Å². The Hall–Kier alpha value is -1.40. The van der Waals surface area contributed by atoms with Crippen LogP contribution in [0.15, 0.2) is 6.07 Å². The van der Waals surface area contributed by atoms with Crippen molar-refractivity contribution in [3.63, 3.8) is 0 Å². The van der Waals surface area contributed by atoms with Crippen molar-refractivity contribution in [3.05, 3.63) is 17.5 Å². The first-order chi connectivity index (χ1) is 12.3. The molecular weight excluding hydrogens is 328 g/mol. The number of H-pyrrole nitrogens is 1. The summed E-state index contributed by atoms with van der Waals surface area (Å²) in [7, 11) is 1.70. The third-order valence-corrected chi connectivity index (χ3v) is 5.85. The summed E-state index contributed by atoms with van der Waals surface area (Å²) in [5.41, 5.74) is 2.62. The van der Waals surface area contributed by atoms with E-state index in [0.29, 0.717) is 19.6 Å². The van der Waals surface area contributed by atoms with Gasteiger partial charge in [0.25, 0.3) is 0 Å². The van der Waals surface area contributed by atoms with E-state index in [1.807, 2.05) is 4.90 Å². The predicted molar refractivity (Wildman–Crippen MR) is 102 cm³/mol. The molecule has 0 aromatic carbocycles. The maximum absolute atomic E-state index is 12.2. The Morgan fingerprint density at radius 3 is 2.81 bits per heavy atom. The quantitative estimate of drug-likeness (QED) is 0.874. The number of ether oxygens (including phenoxy) is 1. The van der Waals surface area contributed by atoms with E-state index in [0.717, 1.165) is 38.3 Å². The lowest BCUT2D eigenvalue weighted by molar-refractivity contribution is -0.140. The molecule has 0 saturated carbocycles. The topological polar surface area (TPSA) is 61.5 Å². The maximum atomic E-state index is 12.2. The lowest BCUT2D eigenvalue weighted by Gasteiger charge is -2.48. The maximum Gasteiger partial charge on any atom is 0.222 e. The van der Waals surface area contributed by atoms with Crippen molar-refractivity contribution in [2.45, 2.75) is 58.4 Å². The van der Waals surface area contributed by atoms with Crippen LogP contribution in [0.5, 0.6) is 0 Å². The minimum atomic E-state index is 0.0729. The van der Waals surface area contributed by atoms with Gasteiger partial charge in [-0.3, -0.25) is 14.8 Å². The second-order valence-electron chi connectivity index (χ2n) is 9.15. The summed E-state index contributed by atoms with van der Waals surface area (Å²) in [5, 5.41) is 7.72. The highest BCUT2D eigenvalue weighted by Crippen LogP contribution is 2.39. The van der Waals surface area contributed by atoms with Gasteiger partial charge in [0.1, 0.15) is 0 Å². The highest BCUT2D eigenvalue weighted by atomic mass is 16.5. The van der Waals surface area contributed by atoms with Gasteiger partial charge >= 0.3 is 0 Å². The van der Waals surface area contributed by atoms with Crippen molar-refractivity contribution >= 4 is 5.91 Å².